The molecule has 7 nitrogen and oxygen atoms in total. The Hall–Kier alpha value is -2.42. The molecule has 3 aromatic heterocycles. The summed E-state index contributed by atoms with van der Waals surface area (Å²) >= 11 is 1.77. The Kier molecular flexibility index (Phi) is 5.22. The molecule has 8 heteroatoms. The maximum Gasteiger partial charge on any atom is 0.266 e. The van der Waals surface area contributed by atoms with Gasteiger partial charge in [-0.1, -0.05) is 0 Å². The lowest BCUT2D eigenvalue weighted by Crippen LogP contribution is -2.36. The van der Waals surface area contributed by atoms with Crippen molar-refractivity contribution in [2.75, 3.05) is 13.2 Å². The van der Waals surface area contributed by atoms with Crippen LogP contribution in [-0.2, 0) is 30.9 Å². The summed E-state index contributed by atoms with van der Waals surface area (Å²) in [6.45, 7) is 3.93. The van der Waals surface area contributed by atoms with Crippen molar-refractivity contribution in [2.45, 2.75) is 45.0 Å². The van der Waals surface area contributed by atoms with Crippen molar-refractivity contribution in [3.8, 4) is 11.3 Å². The van der Waals surface area contributed by atoms with Crippen molar-refractivity contribution in [1.29, 1.82) is 0 Å². The Balaban J connectivity index is 1.33. The van der Waals surface area contributed by atoms with Gasteiger partial charge in [-0.3, -0.25) is 14.7 Å². The van der Waals surface area contributed by atoms with Crippen molar-refractivity contribution in [3.63, 3.8) is 0 Å². The number of aromatic nitrogens is 4. The van der Waals surface area contributed by atoms with Crippen LogP contribution in [0.5, 0.6) is 0 Å². The van der Waals surface area contributed by atoms with E-state index in [0.717, 1.165) is 55.2 Å². The SMILES string of the molecule is O=c1ccc(-c2ccncc2)nn1CC1CCCN1Cc1nc2c(s1)COCC2. The molecule has 0 saturated carbocycles. The Morgan fingerprint density at radius 1 is 1.21 bits per heavy atom. The van der Waals surface area contributed by atoms with Crippen LogP contribution in [0.4, 0.5) is 0 Å². The molecule has 5 rings (SSSR count). The monoisotopic (exact) mass is 409 g/mol. The van der Waals surface area contributed by atoms with Gasteiger partial charge in [0.1, 0.15) is 5.01 Å². The molecule has 1 saturated heterocycles. The molecule has 2 aliphatic rings. The first-order valence-corrected chi connectivity index (χ1v) is 10.9. The zero-order valence-electron chi connectivity index (χ0n) is 16.2. The average molecular weight is 410 g/mol. The van der Waals surface area contributed by atoms with Gasteiger partial charge in [0.05, 0.1) is 42.6 Å². The average Bonchev–Trinajstić information content (AvgIpc) is 3.36. The molecule has 3 aromatic rings. The summed E-state index contributed by atoms with van der Waals surface area (Å²) in [4.78, 5) is 25.0. The lowest BCUT2D eigenvalue weighted by Gasteiger charge is -2.23. The van der Waals surface area contributed by atoms with Gasteiger partial charge in [0.2, 0.25) is 0 Å². The third-order valence-corrected chi connectivity index (χ3v) is 6.66. The molecule has 0 aromatic carbocycles. The van der Waals surface area contributed by atoms with E-state index in [-0.39, 0.29) is 5.56 Å². The highest BCUT2D eigenvalue weighted by atomic mass is 32.1. The van der Waals surface area contributed by atoms with Crippen LogP contribution < -0.4 is 5.56 Å². The van der Waals surface area contributed by atoms with Crippen LogP contribution in [-0.4, -0.2) is 43.8 Å². The molecule has 5 heterocycles. The van der Waals surface area contributed by atoms with Gasteiger partial charge in [-0.2, -0.15) is 5.10 Å². The molecule has 29 heavy (non-hydrogen) atoms. The smallest absolute Gasteiger partial charge is 0.266 e. The molecule has 0 amide bonds. The molecule has 0 radical (unpaired) electrons. The fraction of sp³-hybridized carbons (Fsp3) is 0.429. The lowest BCUT2D eigenvalue weighted by atomic mass is 10.2. The minimum absolute atomic E-state index is 0.0588. The number of rotatable bonds is 5. The van der Waals surface area contributed by atoms with Gasteiger partial charge in [0, 0.05) is 36.5 Å². The van der Waals surface area contributed by atoms with E-state index in [4.69, 9.17) is 9.72 Å². The summed E-state index contributed by atoms with van der Waals surface area (Å²) in [6, 6.07) is 7.50. The zero-order chi connectivity index (χ0) is 19.6. The minimum atomic E-state index is -0.0588. The zero-order valence-corrected chi connectivity index (χ0v) is 17.0. The molecule has 0 N–H and O–H groups in total. The van der Waals surface area contributed by atoms with E-state index >= 15 is 0 Å². The van der Waals surface area contributed by atoms with Gasteiger partial charge < -0.3 is 4.74 Å². The number of hydrogen-bond acceptors (Lipinski definition) is 7. The predicted octanol–water partition coefficient (Wildman–Crippen LogP) is 2.50. The highest BCUT2D eigenvalue weighted by molar-refractivity contribution is 7.11. The summed E-state index contributed by atoms with van der Waals surface area (Å²) in [5.41, 5.74) is 2.91. The molecule has 0 spiro atoms. The minimum Gasteiger partial charge on any atom is -0.375 e. The first kappa shape index (κ1) is 18.6. The predicted molar refractivity (Wildman–Crippen MR) is 111 cm³/mol. The molecule has 1 atom stereocenters. The van der Waals surface area contributed by atoms with Crippen molar-refractivity contribution < 1.29 is 4.74 Å². The van der Waals surface area contributed by atoms with E-state index < -0.39 is 0 Å². The van der Waals surface area contributed by atoms with Crippen LogP contribution in [0.2, 0.25) is 0 Å². The van der Waals surface area contributed by atoms with E-state index in [2.05, 4.69) is 15.0 Å². The van der Waals surface area contributed by atoms with E-state index in [9.17, 15) is 4.79 Å². The highest BCUT2D eigenvalue weighted by Gasteiger charge is 2.27. The number of thiazole rings is 1. The largest absolute Gasteiger partial charge is 0.375 e. The maximum absolute atomic E-state index is 12.4. The Labute approximate surface area is 173 Å². The van der Waals surface area contributed by atoms with E-state index in [1.807, 2.05) is 12.1 Å². The second-order valence-electron chi connectivity index (χ2n) is 7.52. The fourth-order valence-corrected chi connectivity index (χ4v) is 5.16. The number of likely N-dealkylation sites (tertiary alicyclic amines) is 1. The van der Waals surface area contributed by atoms with Crippen LogP contribution in [0.25, 0.3) is 11.3 Å². The third kappa shape index (κ3) is 4.01. The number of hydrogen-bond donors (Lipinski definition) is 0. The van der Waals surface area contributed by atoms with Gasteiger partial charge >= 0.3 is 0 Å². The number of pyridine rings is 1. The van der Waals surface area contributed by atoms with Gasteiger partial charge in [0.25, 0.3) is 5.56 Å². The van der Waals surface area contributed by atoms with E-state index in [1.165, 1.54) is 10.6 Å². The van der Waals surface area contributed by atoms with Crippen LogP contribution in [0.15, 0.2) is 41.5 Å². The quantitative estimate of drug-likeness (QED) is 0.645. The Morgan fingerprint density at radius 3 is 2.97 bits per heavy atom. The number of nitrogens with zero attached hydrogens (tertiary/aromatic N) is 5. The number of fused-ring (bicyclic) bond motifs is 1. The van der Waals surface area contributed by atoms with E-state index in [1.54, 1.807) is 40.5 Å². The van der Waals surface area contributed by atoms with Crippen LogP contribution >= 0.6 is 11.3 Å². The molecule has 0 bridgehead atoms. The summed E-state index contributed by atoms with van der Waals surface area (Å²) < 4.78 is 7.16. The van der Waals surface area contributed by atoms with Gasteiger partial charge in [-0.05, 0) is 37.6 Å². The van der Waals surface area contributed by atoms with E-state index in [0.29, 0.717) is 19.2 Å². The second-order valence-corrected chi connectivity index (χ2v) is 8.69. The third-order valence-electron chi connectivity index (χ3n) is 5.60. The fourth-order valence-electron chi connectivity index (χ4n) is 4.09. The molecular formula is C21H23N5O2S. The normalized spacial score (nSPS) is 19.4. The maximum atomic E-state index is 12.4. The van der Waals surface area contributed by atoms with Crippen LogP contribution in [0, 0.1) is 0 Å². The summed E-state index contributed by atoms with van der Waals surface area (Å²) in [7, 11) is 0. The van der Waals surface area contributed by atoms with Crippen molar-refractivity contribution >= 4 is 11.3 Å². The summed E-state index contributed by atoms with van der Waals surface area (Å²) in [5.74, 6) is 0. The topological polar surface area (TPSA) is 73.1 Å². The van der Waals surface area contributed by atoms with Gasteiger partial charge in [-0.25, -0.2) is 9.67 Å². The Bertz CT molecular complexity index is 1030. The number of ether oxygens (including phenoxy) is 1. The molecule has 2 aliphatic heterocycles. The van der Waals surface area contributed by atoms with Crippen molar-refractivity contribution in [3.05, 3.63) is 62.6 Å². The van der Waals surface area contributed by atoms with Crippen molar-refractivity contribution in [2.24, 2.45) is 0 Å². The van der Waals surface area contributed by atoms with Crippen LogP contribution in [0.3, 0.4) is 0 Å². The molecule has 0 aliphatic carbocycles. The second kappa shape index (κ2) is 8.14. The lowest BCUT2D eigenvalue weighted by molar-refractivity contribution is 0.112. The molecule has 1 unspecified atom stereocenters. The molecular weight excluding hydrogens is 386 g/mol. The first-order valence-electron chi connectivity index (χ1n) is 10.0. The van der Waals surface area contributed by atoms with Gasteiger partial charge in [0.15, 0.2) is 0 Å². The molecule has 1 fully saturated rings. The highest BCUT2D eigenvalue weighted by Crippen LogP contribution is 2.27. The van der Waals surface area contributed by atoms with Crippen LogP contribution in [0.1, 0.15) is 28.4 Å². The van der Waals surface area contributed by atoms with Gasteiger partial charge in [-0.15, -0.1) is 11.3 Å². The van der Waals surface area contributed by atoms with Crippen molar-refractivity contribution in [1.82, 2.24) is 24.6 Å². The Morgan fingerprint density at radius 2 is 2.10 bits per heavy atom. The summed E-state index contributed by atoms with van der Waals surface area (Å²) in [6.07, 6.45) is 6.60. The standard InChI is InChI=1S/C21H23N5O2S/c27-21-4-3-17(15-5-8-22-9-6-15)24-26(21)12-16-2-1-10-25(16)13-20-23-18-7-11-28-14-19(18)29-20/h3-6,8-9,16H,1-2,7,10-14H2. The summed E-state index contributed by atoms with van der Waals surface area (Å²) in [5, 5.41) is 5.77. The first-order chi connectivity index (χ1) is 14.3. The molecule has 150 valence electrons.